The van der Waals surface area contributed by atoms with Crippen LogP contribution in [0.1, 0.15) is 37.7 Å². The summed E-state index contributed by atoms with van der Waals surface area (Å²) in [7, 11) is 3.23. The second-order valence-electron chi connectivity index (χ2n) is 5.58. The minimum atomic E-state index is -0.716. The Balaban J connectivity index is 2.41. The van der Waals surface area contributed by atoms with Crippen LogP contribution in [-0.2, 0) is 4.79 Å². The number of hydrogen-bond acceptors (Lipinski definition) is 3. The Morgan fingerprint density at radius 3 is 2.60 bits per heavy atom. The van der Waals surface area contributed by atoms with Crippen molar-refractivity contribution in [2.75, 3.05) is 14.2 Å². The van der Waals surface area contributed by atoms with E-state index in [0.29, 0.717) is 5.92 Å². The van der Waals surface area contributed by atoms with Gasteiger partial charge in [-0.2, -0.15) is 0 Å². The van der Waals surface area contributed by atoms with E-state index in [-0.39, 0.29) is 11.8 Å². The molecule has 20 heavy (non-hydrogen) atoms. The Hall–Kier alpha value is -1.71. The highest BCUT2D eigenvalue weighted by atomic mass is 16.5. The first kappa shape index (κ1) is 14.7. The molecular weight excluding hydrogens is 256 g/mol. The van der Waals surface area contributed by atoms with Gasteiger partial charge in [0.05, 0.1) is 20.1 Å². The molecule has 1 saturated carbocycles. The Morgan fingerprint density at radius 2 is 2.00 bits per heavy atom. The van der Waals surface area contributed by atoms with Gasteiger partial charge in [-0.15, -0.1) is 0 Å². The number of rotatable bonds is 4. The van der Waals surface area contributed by atoms with Gasteiger partial charge in [-0.05, 0) is 43.4 Å². The highest BCUT2D eigenvalue weighted by molar-refractivity contribution is 5.72. The molecule has 0 aliphatic heterocycles. The molecule has 0 heterocycles. The summed E-state index contributed by atoms with van der Waals surface area (Å²) in [6.45, 7) is 2.18. The van der Waals surface area contributed by atoms with Crippen LogP contribution in [0.25, 0.3) is 0 Å². The molecule has 1 aromatic rings. The van der Waals surface area contributed by atoms with Crippen LogP contribution in [0.5, 0.6) is 11.5 Å². The molecule has 0 saturated heterocycles. The van der Waals surface area contributed by atoms with Crippen molar-refractivity contribution < 1.29 is 19.4 Å². The molecule has 0 bridgehead atoms. The minimum Gasteiger partial charge on any atom is -0.497 e. The van der Waals surface area contributed by atoms with E-state index in [1.165, 1.54) is 0 Å². The van der Waals surface area contributed by atoms with Crippen molar-refractivity contribution in [3.8, 4) is 11.5 Å². The molecule has 1 aliphatic carbocycles. The van der Waals surface area contributed by atoms with Crippen LogP contribution in [-0.4, -0.2) is 25.3 Å². The van der Waals surface area contributed by atoms with Gasteiger partial charge in [0.25, 0.3) is 0 Å². The van der Waals surface area contributed by atoms with Crippen LogP contribution in [0.3, 0.4) is 0 Å². The van der Waals surface area contributed by atoms with Gasteiger partial charge in [0.15, 0.2) is 0 Å². The van der Waals surface area contributed by atoms with Crippen molar-refractivity contribution in [3.63, 3.8) is 0 Å². The van der Waals surface area contributed by atoms with Gasteiger partial charge in [0.1, 0.15) is 11.5 Å². The topological polar surface area (TPSA) is 55.8 Å². The standard InChI is InChI=1S/C16H22O4/c1-10-4-6-12(16(17)18)13(8-10)14-9-11(19-2)5-7-15(14)20-3/h5,7,9-10,12-13H,4,6,8H2,1-3H3,(H,17,18). The van der Waals surface area contributed by atoms with Crippen LogP contribution >= 0.6 is 0 Å². The fourth-order valence-electron chi connectivity index (χ4n) is 3.15. The average Bonchev–Trinajstić information content (AvgIpc) is 2.46. The van der Waals surface area contributed by atoms with E-state index < -0.39 is 5.97 Å². The van der Waals surface area contributed by atoms with Crippen LogP contribution in [0.2, 0.25) is 0 Å². The third kappa shape index (κ3) is 2.89. The summed E-state index contributed by atoms with van der Waals surface area (Å²) in [5.41, 5.74) is 0.950. The lowest BCUT2D eigenvalue weighted by Gasteiger charge is -2.33. The van der Waals surface area contributed by atoms with E-state index in [0.717, 1.165) is 36.3 Å². The molecule has 1 N–H and O–H groups in total. The fraction of sp³-hybridized carbons (Fsp3) is 0.562. The zero-order chi connectivity index (χ0) is 14.7. The number of carbonyl (C=O) groups is 1. The van der Waals surface area contributed by atoms with Crippen molar-refractivity contribution in [1.29, 1.82) is 0 Å². The van der Waals surface area contributed by atoms with Crippen molar-refractivity contribution in [2.24, 2.45) is 11.8 Å². The van der Waals surface area contributed by atoms with E-state index in [4.69, 9.17) is 9.47 Å². The molecule has 4 heteroatoms. The summed E-state index contributed by atoms with van der Waals surface area (Å²) in [6.07, 6.45) is 2.57. The van der Waals surface area contributed by atoms with Crippen LogP contribution in [0, 0.1) is 11.8 Å². The van der Waals surface area contributed by atoms with Crippen molar-refractivity contribution in [1.82, 2.24) is 0 Å². The first-order chi connectivity index (χ1) is 9.56. The highest BCUT2D eigenvalue weighted by Crippen LogP contribution is 2.44. The van der Waals surface area contributed by atoms with Crippen molar-refractivity contribution in [2.45, 2.75) is 32.1 Å². The molecule has 4 nitrogen and oxygen atoms in total. The lowest BCUT2D eigenvalue weighted by atomic mass is 9.71. The first-order valence-electron chi connectivity index (χ1n) is 7.01. The molecular formula is C16H22O4. The second-order valence-corrected chi connectivity index (χ2v) is 5.58. The number of methoxy groups -OCH3 is 2. The number of benzene rings is 1. The van der Waals surface area contributed by atoms with Crippen LogP contribution < -0.4 is 9.47 Å². The Kier molecular flexibility index (Phi) is 4.53. The quantitative estimate of drug-likeness (QED) is 0.918. The second kappa shape index (κ2) is 6.16. The number of carboxylic acid groups (broad SMARTS) is 1. The lowest BCUT2D eigenvalue weighted by Crippen LogP contribution is -2.28. The Labute approximate surface area is 119 Å². The molecule has 2 rings (SSSR count). The monoisotopic (exact) mass is 278 g/mol. The summed E-state index contributed by atoms with van der Waals surface area (Å²) in [6, 6.07) is 5.61. The van der Waals surface area contributed by atoms with Gasteiger partial charge in [-0.25, -0.2) is 0 Å². The van der Waals surface area contributed by atoms with Gasteiger partial charge >= 0.3 is 5.97 Å². The van der Waals surface area contributed by atoms with E-state index in [1.54, 1.807) is 14.2 Å². The van der Waals surface area contributed by atoms with Crippen LogP contribution in [0.4, 0.5) is 0 Å². The van der Waals surface area contributed by atoms with E-state index in [1.807, 2.05) is 18.2 Å². The average molecular weight is 278 g/mol. The maximum absolute atomic E-state index is 11.5. The number of hydrogen-bond donors (Lipinski definition) is 1. The van der Waals surface area contributed by atoms with Gasteiger partial charge in [-0.1, -0.05) is 6.92 Å². The summed E-state index contributed by atoms with van der Waals surface area (Å²) in [5, 5.41) is 9.47. The minimum absolute atomic E-state index is 0.0127. The van der Waals surface area contributed by atoms with Gasteiger partial charge in [0.2, 0.25) is 0 Å². The molecule has 3 atom stereocenters. The van der Waals surface area contributed by atoms with E-state index in [9.17, 15) is 9.90 Å². The number of aliphatic carboxylic acids is 1. The maximum Gasteiger partial charge on any atom is 0.307 e. The number of ether oxygens (including phenoxy) is 2. The lowest BCUT2D eigenvalue weighted by molar-refractivity contribution is -0.143. The van der Waals surface area contributed by atoms with Gasteiger partial charge in [-0.3, -0.25) is 4.79 Å². The maximum atomic E-state index is 11.5. The smallest absolute Gasteiger partial charge is 0.307 e. The fourth-order valence-corrected chi connectivity index (χ4v) is 3.15. The van der Waals surface area contributed by atoms with Crippen LogP contribution in [0.15, 0.2) is 18.2 Å². The largest absolute Gasteiger partial charge is 0.497 e. The number of carboxylic acids is 1. The molecule has 3 unspecified atom stereocenters. The molecule has 1 aromatic carbocycles. The zero-order valence-corrected chi connectivity index (χ0v) is 12.3. The van der Waals surface area contributed by atoms with Gasteiger partial charge < -0.3 is 14.6 Å². The van der Waals surface area contributed by atoms with Crippen molar-refractivity contribution >= 4 is 5.97 Å². The summed E-state index contributed by atoms with van der Waals surface area (Å²) in [5.74, 6) is 0.950. The Morgan fingerprint density at radius 1 is 1.25 bits per heavy atom. The molecule has 0 radical (unpaired) electrons. The molecule has 0 amide bonds. The summed E-state index contributed by atoms with van der Waals surface area (Å²) >= 11 is 0. The molecule has 1 aliphatic rings. The third-order valence-electron chi connectivity index (χ3n) is 4.27. The predicted molar refractivity (Wildman–Crippen MR) is 76.4 cm³/mol. The molecule has 110 valence electrons. The van der Waals surface area contributed by atoms with Crippen molar-refractivity contribution in [3.05, 3.63) is 23.8 Å². The normalized spacial score (nSPS) is 26.1. The molecule has 1 fully saturated rings. The SMILES string of the molecule is COc1ccc(OC)c(C2CC(C)CCC2C(=O)O)c1. The summed E-state index contributed by atoms with van der Waals surface area (Å²) in [4.78, 5) is 11.5. The zero-order valence-electron chi connectivity index (χ0n) is 12.3. The molecule has 0 spiro atoms. The van der Waals surface area contributed by atoms with Gasteiger partial charge in [0, 0.05) is 11.5 Å². The third-order valence-corrected chi connectivity index (χ3v) is 4.27. The highest BCUT2D eigenvalue weighted by Gasteiger charge is 2.36. The molecule has 0 aromatic heterocycles. The van der Waals surface area contributed by atoms with E-state index in [2.05, 4.69) is 6.92 Å². The first-order valence-corrected chi connectivity index (χ1v) is 7.01. The van der Waals surface area contributed by atoms with E-state index >= 15 is 0 Å². The predicted octanol–water partition coefficient (Wildman–Crippen LogP) is 3.31. The summed E-state index contributed by atoms with van der Waals surface area (Å²) < 4.78 is 10.7. The Bertz CT molecular complexity index is 483.